The summed E-state index contributed by atoms with van der Waals surface area (Å²) in [5.41, 5.74) is 1.45. The number of hydrogen-bond donors (Lipinski definition) is 2. The lowest BCUT2D eigenvalue weighted by Crippen LogP contribution is -2.22. The molecule has 22 heavy (non-hydrogen) atoms. The van der Waals surface area contributed by atoms with E-state index >= 15 is 0 Å². The first-order valence-corrected chi connectivity index (χ1v) is 6.55. The van der Waals surface area contributed by atoms with Crippen LogP contribution in [0.15, 0.2) is 42.5 Å². The molecular formula is C16H14F2N2O2. The lowest BCUT2D eigenvalue weighted by molar-refractivity contribution is -0.114. The molecule has 0 aliphatic heterocycles. The van der Waals surface area contributed by atoms with E-state index in [9.17, 15) is 18.4 Å². The zero-order valence-electron chi connectivity index (χ0n) is 11.8. The molecule has 2 aromatic rings. The van der Waals surface area contributed by atoms with Crippen molar-refractivity contribution in [3.63, 3.8) is 0 Å². The van der Waals surface area contributed by atoms with E-state index in [1.165, 1.54) is 13.0 Å². The van der Waals surface area contributed by atoms with E-state index < -0.39 is 11.6 Å². The van der Waals surface area contributed by atoms with Gasteiger partial charge in [-0.05, 0) is 42.0 Å². The van der Waals surface area contributed by atoms with Gasteiger partial charge >= 0.3 is 0 Å². The fraction of sp³-hybridized carbons (Fsp3) is 0.125. The summed E-state index contributed by atoms with van der Waals surface area (Å²) in [6, 6.07) is 9.78. The average molecular weight is 304 g/mol. The van der Waals surface area contributed by atoms with E-state index in [0.29, 0.717) is 16.8 Å². The molecule has 0 saturated heterocycles. The highest BCUT2D eigenvalue weighted by molar-refractivity contribution is 5.95. The minimum Gasteiger partial charge on any atom is -0.348 e. The molecule has 2 rings (SSSR count). The number of benzene rings is 2. The number of carbonyl (C=O) groups excluding carboxylic acids is 2. The van der Waals surface area contributed by atoms with Crippen molar-refractivity contribution in [1.29, 1.82) is 0 Å². The molecule has 2 aromatic carbocycles. The van der Waals surface area contributed by atoms with Crippen LogP contribution in [0.1, 0.15) is 22.8 Å². The third-order valence-electron chi connectivity index (χ3n) is 2.90. The third kappa shape index (κ3) is 4.12. The maximum absolute atomic E-state index is 13.1. The van der Waals surface area contributed by atoms with Gasteiger partial charge in [0.2, 0.25) is 5.91 Å². The summed E-state index contributed by atoms with van der Waals surface area (Å²) >= 11 is 0. The van der Waals surface area contributed by atoms with E-state index in [4.69, 9.17) is 0 Å². The van der Waals surface area contributed by atoms with Crippen molar-refractivity contribution >= 4 is 17.5 Å². The van der Waals surface area contributed by atoms with Gasteiger partial charge in [-0.2, -0.15) is 0 Å². The van der Waals surface area contributed by atoms with Gasteiger partial charge in [0, 0.05) is 24.7 Å². The van der Waals surface area contributed by atoms with E-state index in [1.807, 2.05) is 0 Å². The Kier molecular flexibility index (Phi) is 4.83. The lowest BCUT2D eigenvalue weighted by Gasteiger charge is -2.07. The van der Waals surface area contributed by atoms with E-state index in [0.717, 1.165) is 12.1 Å². The van der Waals surface area contributed by atoms with Crippen molar-refractivity contribution < 1.29 is 18.4 Å². The van der Waals surface area contributed by atoms with Crippen LogP contribution in [0.5, 0.6) is 0 Å². The highest BCUT2D eigenvalue weighted by atomic mass is 19.2. The maximum atomic E-state index is 13.1. The van der Waals surface area contributed by atoms with Crippen molar-refractivity contribution in [2.75, 3.05) is 5.32 Å². The molecule has 0 fully saturated rings. The van der Waals surface area contributed by atoms with Crippen molar-refractivity contribution in [3.8, 4) is 0 Å². The number of rotatable bonds is 4. The van der Waals surface area contributed by atoms with Crippen molar-refractivity contribution in [2.24, 2.45) is 0 Å². The van der Waals surface area contributed by atoms with Gasteiger partial charge in [-0.1, -0.05) is 6.07 Å². The molecule has 0 atom stereocenters. The lowest BCUT2D eigenvalue weighted by atomic mass is 10.1. The number of carbonyl (C=O) groups is 2. The topological polar surface area (TPSA) is 58.2 Å². The number of amides is 2. The normalized spacial score (nSPS) is 10.1. The number of nitrogens with one attached hydrogen (secondary N) is 2. The molecule has 4 nitrogen and oxygen atoms in total. The van der Waals surface area contributed by atoms with Crippen LogP contribution in [0.3, 0.4) is 0 Å². The second kappa shape index (κ2) is 6.80. The van der Waals surface area contributed by atoms with Gasteiger partial charge in [-0.3, -0.25) is 9.59 Å². The Labute approximate surface area is 126 Å². The van der Waals surface area contributed by atoms with Gasteiger partial charge in [-0.25, -0.2) is 8.78 Å². The second-order valence-electron chi connectivity index (χ2n) is 4.69. The minimum absolute atomic E-state index is 0.0868. The van der Waals surface area contributed by atoms with Crippen LogP contribution < -0.4 is 10.6 Å². The fourth-order valence-corrected chi connectivity index (χ4v) is 1.84. The number of anilines is 1. The van der Waals surface area contributed by atoms with Crippen LogP contribution in [0, 0.1) is 11.6 Å². The molecule has 0 spiro atoms. The molecule has 2 N–H and O–H groups in total. The molecule has 0 aliphatic carbocycles. The van der Waals surface area contributed by atoms with Crippen molar-refractivity contribution in [1.82, 2.24) is 5.32 Å². The Morgan fingerprint density at radius 2 is 1.68 bits per heavy atom. The van der Waals surface area contributed by atoms with Gasteiger partial charge in [0.15, 0.2) is 11.6 Å². The van der Waals surface area contributed by atoms with Gasteiger partial charge < -0.3 is 10.6 Å². The summed E-state index contributed by atoms with van der Waals surface area (Å²) in [4.78, 5) is 22.8. The maximum Gasteiger partial charge on any atom is 0.251 e. The predicted octanol–water partition coefficient (Wildman–Crippen LogP) is 2.85. The Morgan fingerprint density at radius 1 is 1.00 bits per heavy atom. The van der Waals surface area contributed by atoms with Crippen LogP contribution in [-0.4, -0.2) is 11.8 Å². The van der Waals surface area contributed by atoms with E-state index in [1.54, 1.807) is 24.3 Å². The number of halogens is 2. The molecular weight excluding hydrogens is 290 g/mol. The quantitative estimate of drug-likeness (QED) is 0.912. The standard InChI is InChI=1S/C16H14F2N2O2/c1-10(21)20-13-5-3-12(4-6-13)16(22)19-9-11-2-7-14(17)15(18)8-11/h2-8H,9H2,1H3,(H,19,22)(H,20,21). The molecule has 0 aromatic heterocycles. The highest BCUT2D eigenvalue weighted by Gasteiger charge is 2.07. The second-order valence-corrected chi connectivity index (χ2v) is 4.69. The highest BCUT2D eigenvalue weighted by Crippen LogP contribution is 2.11. The zero-order chi connectivity index (χ0) is 16.1. The van der Waals surface area contributed by atoms with Gasteiger partial charge in [-0.15, -0.1) is 0 Å². The molecule has 0 bridgehead atoms. The smallest absolute Gasteiger partial charge is 0.251 e. The van der Waals surface area contributed by atoms with Gasteiger partial charge in [0.05, 0.1) is 0 Å². The van der Waals surface area contributed by atoms with Gasteiger partial charge in [0.1, 0.15) is 0 Å². The van der Waals surface area contributed by atoms with Crippen LogP contribution >= 0.6 is 0 Å². The molecule has 6 heteroatoms. The van der Waals surface area contributed by atoms with Crippen molar-refractivity contribution in [3.05, 3.63) is 65.2 Å². The molecule has 0 radical (unpaired) electrons. The zero-order valence-corrected chi connectivity index (χ0v) is 11.8. The van der Waals surface area contributed by atoms with Crippen LogP contribution in [0.2, 0.25) is 0 Å². The van der Waals surface area contributed by atoms with Crippen LogP contribution in [-0.2, 0) is 11.3 Å². The summed E-state index contributed by atoms with van der Waals surface area (Å²) in [6.07, 6.45) is 0. The molecule has 0 heterocycles. The molecule has 0 aliphatic rings. The summed E-state index contributed by atoms with van der Waals surface area (Å²) in [5.74, 6) is -2.43. The van der Waals surface area contributed by atoms with E-state index in [2.05, 4.69) is 10.6 Å². The molecule has 114 valence electrons. The third-order valence-corrected chi connectivity index (χ3v) is 2.90. The molecule has 0 saturated carbocycles. The van der Waals surface area contributed by atoms with Gasteiger partial charge in [0.25, 0.3) is 5.91 Å². The van der Waals surface area contributed by atoms with Crippen LogP contribution in [0.25, 0.3) is 0 Å². The fourth-order valence-electron chi connectivity index (χ4n) is 1.84. The monoisotopic (exact) mass is 304 g/mol. The Hall–Kier alpha value is -2.76. The summed E-state index contributed by atoms with van der Waals surface area (Å²) in [7, 11) is 0. The summed E-state index contributed by atoms with van der Waals surface area (Å²) in [5, 5.41) is 5.20. The summed E-state index contributed by atoms with van der Waals surface area (Å²) < 4.78 is 25.9. The number of hydrogen-bond acceptors (Lipinski definition) is 2. The SMILES string of the molecule is CC(=O)Nc1ccc(C(=O)NCc2ccc(F)c(F)c2)cc1. The first-order valence-electron chi connectivity index (χ1n) is 6.55. The first kappa shape index (κ1) is 15.6. The average Bonchev–Trinajstić information content (AvgIpc) is 2.48. The summed E-state index contributed by atoms with van der Waals surface area (Å²) in [6.45, 7) is 1.48. The Morgan fingerprint density at radius 3 is 2.27 bits per heavy atom. The molecule has 0 unspecified atom stereocenters. The van der Waals surface area contributed by atoms with E-state index in [-0.39, 0.29) is 18.4 Å². The van der Waals surface area contributed by atoms with Crippen molar-refractivity contribution in [2.45, 2.75) is 13.5 Å². The minimum atomic E-state index is -0.952. The molecule has 2 amide bonds. The Balaban J connectivity index is 1.96. The van der Waals surface area contributed by atoms with Crippen LogP contribution in [0.4, 0.5) is 14.5 Å². The first-order chi connectivity index (χ1) is 10.5. The largest absolute Gasteiger partial charge is 0.348 e. The Bertz CT molecular complexity index is 700. The predicted molar refractivity (Wildman–Crippen MR) is 78.3 cm³/mol.